The Morgan fingerprint density at radius 2 is 2.05 bits per heavy atom. The predicted molar refractivity (Wildman–Crippen MR) is 71.3 cm³/mol. The van der Waals surface area contributed by atoms with Gasteiger partial charge in [0.1, 0.15) is 11.5 Å². The molecular weight excluding hydrogens is 242 g/mol. The lowest BCUT2D eigenvalue weighted by Crippen LogP contribution is -2.11. The van der Waals surface area contributed by atoms with E-state index in [4.69, 9.17) is 4.74 Å². The van der Waals surface area contributed by atoms with Crippen molar-refractivity contribution in [2.24, 2.45) is 0 Å². The standard InChI is InChI=1S/C15H13NO3/c1-2-19-15(18)12(10-17)9-13-8-7-11-5-3-4-6-14(11)16-13/h3-8H,2,9H2,1H3. The SMILES string of the molecule is CCOC(=O)C(=C=O)Cc1ccc2ccccc2n1. The molecule has 0 saturated carbocycles. The first kappa shape index (κ1) is 13.0. The number of rotatable bonds is 4. The van der Waals surface area contributed by atoms with Gasteiger partial charge >= 0.3 is 5.97 Å². The molecule has 2 rings (SSSR count). The molecule has 96 valence electrons. The van der Waals surface area contributed by atoms with Crippen molar-refractivity contribution < 1.29 is 14.3 Å². The monoisotopic (exact) mass is 255 g/mol. The fourth-order valence-corrected chi connectivity index (χ4v) is 1.76. The van der Waals surface area contributed by atoms with Gasteiger partial charge in [-0.1, -0.05) is 24.3 Å². The first-order valence-corrected chi connectivity index (χ1v) is 6.00. The number of esters is 1. The van der Waals surface area contributed by atoms with E-state index in [2.05, 4.69) is 4.98 Å². The number of carbonyl (C=O) groups excluding carboxylic acids is 2. The molecule has 0 unspecified atom stereocenters. The maximum absolute atomic E-state index is 11.5. The van der Waals surface area contributed by atoms with E-state index in [1.165, 1.54) is 0 Å². The van der Waals surface area contributed by atoms with Crippen molar-refractivity contribution in [3.8, 4) is 0 Å². The Hall–Kier alpha value is -2.45. The summed E-state index contributed by atoms with van der Waals surface area (Å²) < 4.78 is 4.79. The molecule has 0 atom stereocenters. The lowest BCUT2D eigenvalue weighted by atomic mass is 10.1. The Balaban J connectivity index is 2.25. The second-order valence-electron chi connectivity index (χ2n) is 3.97. The molecule has 0 saturated heterocycles. The Kier molecular flexibility index (Phi) is 4.06. The van der Waals surface area contributed by atoms with Crippen molar-refractivity contribution in [1.29, 1.82) is 0 Å². The van der Waals surface area contributed by atoms with Crippen LogP contribution < -0.4 is 0 Å². The summed E-state index contributed by atoms with van der Waals surface area (Å²) in [5.41, 5.74) is 1.43. The van der Waals surface area contributed by atoms with Gasteiger partial charge in [-0.3, -0.25) is 4.98 Å². The van der Waals surface area contributed by atoms with Crippen LogP contribution in [0.1, 0.15) is 12.6 Å². The van der Waals surface area contributed by atoms with Crippen LogP contribution in [0.4, 0.5) is 0 Å². The summed E-state index contributed by atoms with van der Waals surface area (Å²) in [5, 5.41) is 1.01. The van der Waals surface area contributed by atoms with E-state index in [1.54, 1.807) is 18.9 Å². The highest BCUT2D eigenvalue weighted by Crippen LogP contribution is 2.13. The van der Waals surface area contributed by atoms with E-state index in [-0.39, 0.29) is 18.6 Å². The molecule has 4 nitrogen and oxygen atoms in total. The fourth-order valence-electron chi connectivity index (χ4n) is 1.76. The van der Waals surface area contributed by atoms with Crippen LogP contribution >= 0.6 is 0 Å². The van der Waals surface area contributed by atoms with Crippen LogP contribution in [0.15, 0.2) is 42.0 Å². The zero-order valence-corrected chi connectivity index (χ0v) is 10.6. The molecule has 1 heterocycles. The Morgan fingerprint density at radius 1 is 1.26 bits per heavy atom. The molecule has 0 aliphatic carbocycles. The fraction of sp³-hybridized carbons (Fsp3) is 0.200. The summed E-state index contributed by atoms with van der Waals surface area (Å²) in [6.45, 7) is 1.92. The quantitative estimate of drug-likeness (QED) is 0.477. The first-order chi connectivity index (χ1) is 9.24. The van der Waals surface area contributed by atoms with Crippen molar-refractivity contribution in [2.45, 2.75) is 13.3 Å². The van der Waals surface area contributed by atoms with Crippen LogP contribution in [0.3, 0.4) is 0 Å². The molecular formula is C15H13NO3. The summed E-state index contributed by atoms with van der Waals surface area (Å²) in [7, 11) is 0. The van der Waals surface area contributed by atoms with Gasteiger partial charge in [0.15, 0.2) is 0 Å². The van der Waals surface area contributed by atoms with Gasteiger partial charge in [0, 0.05) is 17.5 Å². The molecule has 1 aromatic heterocycles. The van der Waals surface area contributed by atoms with Gasteiger partial charge < -0.3 is 4.74 Å². The zero-order chi connectivity index (χ0) is 13.7. The van der Waals surface area contributed by atoms with Crippen LogP contribution in [0.25, 0.3) is 10.9 Å². The molecule has 0 amide bonds. The number of benzene rings is 1. The maximum Gasteiger partial charge on any atom is 0.345 e. The van der Waals surface area contributed by atoms with Gasteiger partial charge in [-0.2, -0.15) is 0 Å². The van der Waals surface area contributed by atoms with Crippen molar-refractivity contribution in [1.82, 2.24) is 4.98 Å². The zero-order valence-electron chi connectivity index (χ0n) is 10.6. The van der Waals surface area contributed by atoms with E-state index in [1.807, 2.05) is 30.3 Å². The third-order valence-corrected chi connectivity index (χ3v) is 2.66. The molecule has 4 heteroatoms. The number of pyridine rings is 1. The van der Waals surface area contributed by atoms with E-state index in [0.717, 1.165) is 10.9 Å². The number of hydrogen-bond acceptors (Lipinski definition) is 4. The van der Waals surface area contributed by atoms with E-state index in [0.29, 0.717) is 5.69 Å². The number of hydrogen-bond donors (Lipinski definition) is 0. The number of fused-ring (bicyclic) bond motifs is 1. The van der Waals surface area contributed by atoms with Gasteiger partial charge in [0.25, 0.3) is 0 Å². The number of carbonyl (C=O) groups is 1. The van der Waals surface area contributed by atoms with Crippen LogP contribution in [-0.2, 0) is 20.7 Å². The Labute approximate surface area is 110 Å². The summed E-state index contributed by atoms with van der Waals surface area (Å²) in [6, 6.07) is 11.4. The number of para-hydroxylation sites is 1. The topological polar surface area (TPSA) is 56.3 Å². The Bertz CT molecular complexity index is 657. The van der Waals surface area contributed by atoms with Crippen LogP contribution in [0.5, 0.6) is 0 Å². The van der Waals surface area contributed by atoms with Crippen molar-refractivity contribution in [3.05, 3.63) is 47.7 Å². The summed E-state index contributed by atoms with van der Waals surface area (Å²) >= 11 is 0. The minimum Gasteiger partial charge on any atom is -0.462 e. The van der Waals surface area contributed by atoms with Gasteiger partial charge in [0.2, 0.25) is 0 Å². The molecule has 0 spiro atoms. The average Bonchev–Trinajstić information content (AvgIpc) is 2.44. The van der Waals surface area contributed by atoms with Crippen molar-refractivity contribution >= 4 is 22.8 Å². The van der Waals surface area contributed by atoms with Gasteiger partial charge in [0.05, 0.1) is 12.1 Å². The molecule has 1 aromatic carbocycles. The number of nitrogens with zero attached hydrogens (tertiary/aromatic N) is 1. The molecule has 19 heavy (non-hydrogen) atoms. The molecule has 0 aliphatic heterocycles. The minimum atomic E-state index is -0.632. The minimum absolute atomic E-state index is 0.0374. The average molecular weight is 255 g/mol. The van der Waals surface area contributed by atoms with Crippen molar-refractivity contribution in [2.75, 3.05) is 6.61 Å². The summed E-state index contributed by atoms with van der Waals surface area (Å²) in [4.78, 5) is 26.7. The van der Waals surface area contributed by atoms with Crippen LogP contribution in [0.2, 0.25) is 0 Å². The van der Waals surface area contributed by atoms with E-state index in [9.17, 15) is 9.59 Å². The third kappa shape index (κ3) is 3.06. The van der Waals surface area contributed by atoms with E-state index < -0.39 is 5.97 Å². The van der Waals surface area contributed by atoms with Crippen LogP contribution in [-0.4, -0.2) is 23.5 Å². The van der Waals surface area contributed by atoms with Gasteiger partial charge in [-0.05, 0) is 19.1 Å². The van der Waals surface area contributed by atoms with Crippen LogP contribution in [0, 0.1) is 0 Å². The Morgan fingerprint density at radius 3 is 2.79 bits per heavy atom. The second-order valence-corrected chi connectivity index (χ2v) is 3.97. The number of aromatic nitrogens is 1. The lowest BCUT2D eigenvalue weighted by molar-refractivity contribution is -0.138. The summed E-state index contributed by atoms with van der Waals surface area (Å²) in [5.74, 6) is 1.00. The lowest BCUT2D eigenvalue weighted by Gasteiger charge is -2.04. The molecule has 2 aromatic rings. The highest BCUT2D eigenvalue weighted by atomic mass is 16.5. The molecule has 0 N–H and O–H groups in total. The van der Waals surface area contributed by atoms with Gasteiger partial charge in [-0.15, -0.1) is 0 Å². The smallest absolute Gasteiger partial charge is 0.345 e. The summed E-state index contributed by atoms with van der Waals surface area (Å²) in [6.07, 6.45) is 0.132. The highest BCUT2D eigenvalue weighted by Gasteiger charge is 2.13. The molecule has 0 fully saturated rings. The second kappa shape index (κ2) is 5.94. The van der Waals surface area contributed by atoms with Gasteiger partial charge in [-0.25, -0.2) is 9.59 Å². The van der Waals surface area contributed by atoms with E-state index >= 15 is 0 Å². The normalized spacial score (nSPS) is 9.95. The molecule has 0 radical (unpaired) electrons. The predicted octanol–water partition coefficient (Wildman–Crippen LogP) is 2.10. The maximum atomic E-state index is 11.5. The molecule has 0 aliphatic rings. The largest absolute Gasteiger partial charge is 0.462 e. The third-order valence-electron chi connectivity index (χ3n) is 2.66. The van der Waals surface area contributed by atoms with Crippen molar-refractivity contribution in [3.63, 3.8) is 0 Å². The number of ether oxygens (including phenoxy) is 1. The highest BCUT2D eigenvalue weighted by molar-refractivity contribution is 5.97. The molecule has 0 bridgehead atoms. The first-order valence-electron chi connectivity index (χ1n) is 6.00.